The molecule has 112 valence electrons. The average molecular weight is 380 g/mol. The van der Waals surface area contributed by atoms with Crippen LogP contribution in [-0.4, -0.2) is 18.6 Å². The van der Waals surface area contributed by atoms with Crippen molar-refractivity contribution in [2.75, 3.05) is 4.72 Å². The molecular weight excluding hydrogens is 372 g/mol. The van der Waals surface area contributed by atoms with Gasteiger partial charge in [-0.05, 0) is 34.8 Å². The van der Waals surface area contributed by atoms with Gasteiger partial charge in [-0.2, -0.15) is 0 Å². The van der Waals surface area contributed by atoms with Gasteiger partial charge in [-0.1, -0.05) is 5.10 Å². The SMILES string of the molecule is O=S(=O)(Nc1nnc(C2CC2)o1)c1c(F)cc(F)cc1Br. The summed E-state index contributed by atoms with van der Waals surface area (Å²) in [6.45, 7) is 0. The molecule has 0 radical (unpaired) electrons. The summed E-state index contributed by atoms with van der Waals surface area (Å²) in [7, 11) is -4.32. The van der Waals surface area contributed by atoms with E-state index in [9.17, 15) is 17.2 Å². The molecule has 1 aromatic carbocycles. The van der Waals surface area contributed by atoms with E-state index in [-0.39, 0.29) is 16.4 Å². The number of benzene rings is 1. The molecule has 2 aromatic rings. The topological polar surface area (TPSA) is 85.1 Å². The zero-order chi connectivity index (χ0) is 15.2. The molecule has 3 rings (SSSR count). The zero-order valence-corrected chi connectivity index (χ0v) is 12.7. The van der Waals surface area contributed by atoms with Crippen LogP contribution in [0.15, 0.2) is 25.9 Å². The Morgan fingerprint density at radius 1 is 1.29 bits per heavy atom. The number of hydrogen-bond donors (Lipinski definition) is 1. The zero-order valence-electron chi connectivity index (χ0n) is 10.3. The summed E-state index contributed by atoms with van der Waals surface area (Å²) in [4.78, 5) is -0.727. The maximum Gasteiger partial charge on any atom is 0.329 e. The van der Waals surface area contributed by atoms with E-state index in [1.165, 1.54) is 0 Å². The van der Waals surface area contributed by atoms with Crippen molar-refractivity contribution >= 4 is 32.0 Å². The standard InChI is InChI=1S/C11H8BrF2N3O3S/c12-7-3-6(13)4-8(14)9(7)21(18,19)17-11-16-15-10(20-11)5-1-2-5/h3-5H,1-2H2,(H,16,17). The van der Waals surface area contributed by atoms with Crippen molar-refractivity contribution < 1.29 is 21.6 Å². The summed E-state index contributed by atoms with van der Waals surface area (Å²) in [6.07, 6.45) is 1.82. The van der Waals surface area contributed by atoms with E-state index in [1.54, 1.807) is 0 Å². The van der Waals surface area contributed by atoms with Crippen LogP contribution in [0.2, 0.25) is 0 Å². The molecule has 1 saturated carbocycles. The van der Waals surface area contributed by atoms with Crippen molar-refractivity contribution in [3.8, 4) is 0 Å². The summed E-state index contributed by atoms with van der Waals surface area (Å²) >= 11 is 2.82. The highest BCUT2D eigenvalue weighted by atomic mass is 79.9. The number of halogens is 3. The predicted molar refractivity (Wildman–Crippen MR) is 71.1 cm³/mol. The Morgan fingerprint density at radius 3 is 2.62 bits per heavy atom. The summed E-state index contributed by atoms with van der Waals surface area (Å²) in [5.74, 6) is -1.63. The van der Waals surface area contributed by atoms with Crippen LogP contribution in [0.1, 0.15) is 24.7 Å². The van der Waals surface area contributed by atoms with Crippen LogP contribution in [-0.2, 0) is 10.0 Å². The van der Waals surface area contributed by atoms with E-state index in [4.69, 9.17) is 4.42 Å². The quantitative estimate of drug-likeness (QED) is 0.882. The van der Waals surface area contributed by atoms with Crippen molar-refractivity contribution in [1.29, 1.82) is 0 Å². The Bertz CT molecular complexity index is 782. The molecule has 1 aliphatic carbocycles. The van der Waals surface area contributed by atoms with E-state index < -0.39 is 26.6 Å². The van der Waals surface area contributed by atoms with Gasteiger partial charge in [0.05, 0.1) is 0 Å². The molecule has 1 N–H and O–H groups in total. The minimum absolute atomic E-state index is 0.157. The fourth-order valence-electron chi connectivity index (χ4n) is 1.72. The first-order valence-electron chi connectivity index (χ1n) is 5.87. The summed E-state index contributed by atoms with van der Waals surface area (Å²) in [5, 5.41) is 7.25. The number of rotatable bonds is 4. The summed E-state index contributed by atoms with van der Waals surface area (Å²) in [6, 6.07) is 0.969. The maximum absolute atomic E-state index is 13.7. The van der Waals surface area contributed by atoms with E-state index in [2.05, 4.69) is 26.1 Å². The lowest BCUT2D eigenvalue weighted by Gasteiger charge is -2.07. The van der Waals surface area contributed by atoms with Crippen LogP contribution in [0.4, 0.5) is 14.8 Å². The number of aromatic nitrogens is 2. The Kier molecular flexibility index (Phi) is 3.44. The molecule has 1 fully saturated rings. The third-order valence-electron chi connectivity index (χ3n) is 2.82. The van der Waals surface area contributed by atoms with Crippen LogP contribution in [0, 0.1) is 11.6 Å². The molecule has 0 amide bonds. The second-order valence-electron chi connectivity index (χ2n) is 4.52. The van der Waals surface area contributed by atoms with Crippen LogP contribution < -0.4 is 4.72 Å². The lowest BCUT2D eigenvalue weighted by Crippen LogP contribution is -2.15. The van der Waals surface area contributed by atoms with Crippen LogP contribution in [0.3, 0.4) is 0 Å². The van der Waals surface area contributed by atoms with Gasteiger partial charge in [0.1, 0.15) is 16.5 Å². The predicted octanol–water partition coefficient (Wildman–Crippen LogP) is 2.79. The minimum atomic E-state index is -4.32. The third-order valence-corrected chi connectivity index (χ3v) is 5.10. The lowest BCUT2D eigenvalue weighted by molar-refractivity contribution is 0.510. The van der Waals surface area contributed by atoms with E-state index >= 15 is 0 Å². The third kappa shape index (κ3) is 2.91. The van der Waals surface area contributed by atoms with Gasteiger partial charge in [0, 0.05) is 16.5 Å². The molecule has 0 aliphatic heterocycles. The molecule has 0 unspecified atom stereocenters. The van der Waals surface area contributed by atoms with Gasteiger partial charge in [0.15, 0.2) is 0 Å². The van der Waals surface area contributed by atoms with Crippen LogP contribution in [0.25, 0.3) is 0 Å². The molecule has 0 atom stereocenters. The number of nitrogens with one attached hydrogen (secondary N) is 1. The minimum Gasteiger partial charge on any atom is -0.407 e. The molecule has 0 spiro atoms. The van der Waals surface area contributed by atoms with E-state index in [0.717, 1.165) is 18.9 Å². The first kappa shape index (κ1) is 14.4. The van der Waals surface area contributed by atoms with Gasteiger partial charge < -0.3 is 4.42 Å². The first-order valence-corrected chi connectivity index (χ1v) is 8.15. The number of hydrogen-bond acceptors (Lipinski definition) is 5. The fraction of sp³-hybridized carbons (Fsp3) is 0.273. The van der Waals surface area contributed by atoms with Crippen LogP contribution >= 0.6 is 15.9 Å². The highest BCUT2D eigenvalue weighted by Gasteiger charge is 2.31. The molecule has 0 saturated heterocycles. The number of anilines is 1. The Morgan fingerprint density at radius 2 is 2.00 bits per heavy atom. The lowest BCUT2D eigenvalue weighted by atomic mass is 10.3. The molecule has 0 bridgehead atoms. The number of nitrogens with zero attached hydrogens (tertiary/aromatic N) is 2. The van der Waals surface area contributed by atoms with Crippen molar-refractivity contribution in [3.63, 3.8) is 0 Å². The van der Waals surface area contributed by atoms with Gasteiger partial charge in [-0.15, -0.1) is 5.10 Å². The fourth-order valence-corrected chi connectivity index (χ4v) is 3.82. The smallest absolute Gasteiger partial charge is 0.329 e. The average Bonchev–Trinajstić information content (AvgIpc) is 3.09. The largest absolute Gasteiger partial charge is 0.407 e. The van der Waals surface area contributed by atoms with Crippen LogP contribution in [0.5, 0.6) is 0 Å². The molecule has 1 aromatic heterocycles. The van der Waals surface area contributed by atoms with Gasteiger partial charge in [0.2, 0.25) is 5.89 Å². The molecular formula is C11H8BrF2N3O3S. The second kappa shape index (κ2) is 5.02. The molecule has 10 heteroatoms. The van der Waals surface area contributed by atoms with Gasteiger partial charge in [-0.3, -0.25) is 0 Å². The normalized spacial score (nSPS) is 15.2. The van der Waals surface area contributed by atoms with Crippen molar-refractivity contribution in [3.05, 3.63) is 34.1 Å². The molecule has 1 aliphatic rings. The Balaban J connectivity index is 1.92. The van der Waals surface area contributed by atoms with Crippen molar-refractivity contribution in [2.24, 2.45) is 0 Å². The number of sulfonamides is 1. The highest BCUT2D eigenvalue weighted by molar-refractivity contribution is 9.10. The molecule has 21 heavy (non-hydrogen) atoms. The second-order valence-corrected chi connectivity index (χ2v) is 7.00. The highest BCUT2D eigenvalue weighted by Crippen LogP contribution is 2.39. The van der Waals surface area contributed by atoms with E-state index in [1.807, 2.05) is 4.72 Å². The van der Waals surface area contributed by atoms with Gasteiger partial charge in [0.25, 0.3) is 10.0 Å². The monoisotopic (exact) mass is 379 g/mol. The van der Waals surface area contributed by atoms with Gasteiger partial charge in [-0.25, -0.2) is 21.9 Å². The molecule has 6 nitrogen and oxygen atoms in total. The first-order chi connectivity index (χ1) is 9.87. The van der Waals surface area contributed by atoms with Gasteiger partial charge >= 0.3 is 6.01 Å². The Labute approximate surface area is 126 Å². The Hall–Kier alpha value is -1.55. The van der Waals surface area contributed by atoms with Crippen molar-refractivity contribution in [1.82, 2.24) is 10.2 Å². The summed E-state index contributed by atoms with van der Waals surface area (Å²) in [5.41, 5.74) is 0. The van der Waals surface area contributed by atoms with Crippen molar-refractivity contribution in [2.45, 2.75) is 23.7 Å². The summed E-state index contributed by atoms with van der Waals surface area (Å²) < 4.78 is 57.8. The van der Waals surface area contributed by atoms with E-state index in [0.29, 0.717) is 12.0 Å². The maximum atomic E-state index is 13.7. The molecule has 1 heterocycles.